The lowest BCUT2D eigenvalue weighted by atomic mass is 10.1. The highest BCUT2D eigenvalue weighted by atomic mass is 16.2. The molecule has 1 aliphatic rings. The van der Waals surface area contributed by atoms with Crippen LogP contribution in [-0.2, 0) is 26.6 Å². The molecular formula is C21H27N5O2. The molecule has 0 radical (unpaired) electrons. The molecule has 0 N–H and O–H groups in total. The first-order valence-electron chi connectivity index (χ1n) is 9.99. The van der Waals surface area contributed by atoms with Gasteiger partial charge in [0.15, 0.2) is 11.2 Å². The van der Waals surface area contributed by atoms with Gasteiger partial charge in [0.2, 0.25) is 5.95 Å². The fourth-order valence-corrected chi connectivity index (χ4v) is 3.82. The van der Waals surface area contributed by atoms with Crippen LogP contribution in [0.15, 0.2) is 33.9 Å². The third-order valence-corrected chi connectivity index (χ3v) is 5.59. The summed E-state index contributed by atoms with van der Waals surface area (Å²) in [6.45, 7) is 8.19. The predicted molar refractivity (Wildman–Crippen MR) is 112 cm³/mol. The minimum absolute atomic E-state index is 0.235. The molecule has 0 saturated heterocycles. The number of anilines is 2. The van der Waals surface area contributed by atoms with E-state index in [4.69, 9.17) is 0 Å². The Kier molecular flexibility index (Phi) is 4.61. The van der Waals surface area contributed by atoms with Crippen molar-refractivity contribution in [2.24, 2.45) is 13.0 Å². The van der Waals surface area contributed by atoms with Crippen LogP contribution in [0.25, 0.3) is 11.2 Å². The van der Waals surface area contributed by atoms with Gasteiger partial charge >= 0.3 is 5.69 Å². The topological polar surface area (TPSA) is 65.1 Å². The van der Waals surface area contributed by atoms with Gasteiger partial charge in [0.25, 0.3) is 5.56 Å². The second kappa shape index (κ2) is 6.96. The highest BCUT2D eigenvalue weighted by Crippen LogP contribution is 2.31. The van der Waals surface area contributed by atoms with Crippen molar-refractivity contribution in [2.75, 3.05) is 11.4 Å². The van der Waals surface area contributed by atoms with Crippen molar-refractivity contribution in [3.05, 3.63) is 50.7 Å². The molecule has 3 aromatic rings. The van der Waals surface area contributed by atoms with Gasteiger partial charge in [-0.15, -0.1) is 0 Å². The summed E-state index contributed by atoms with van der Waals surface area (Å²) >= 11 is 0. The molecule has 7 heteroatoms. The Bertz CT molecular complexity index is 1130. The lowest BCUT2D eigenvalue weighted by Crippen LogP contribution is -2.40. The van der Waals surface area contributed by atoms with E-state index in [1.165, 1.54) is 14.7 Å². The average Bonchev–Trinajstić information content (AvgIpc) is 3.25. The third kappa shape index (κ3) is 2.85. The van der Waals surface area contributed by atoms with Gasteiger partial charge in [0, 0.05) is 32.4 Å². The summed E-state index contributed by atoms with van der Waals surface area (Å²) in [5, 5.41) is 0. The van der Waals surface area contributed by atoms with Crippen molar-refractivity contribution in [1.82, 2.24) is 18.7 Å². The summed E-state index contributed by atoms with van der Waals surface area (Å²) in [6, 6.07) is 8.42. The molecule has 0 atom stereocenters. The van der Waals surface area contributed by atoms with Gasteiger partial charge in [-0.05, 0) is 36.5 Å². The summed E-state index contributed by atoms with van der Waals surface area (Å²) in [5.41, 5.74) is 2.78. The number of benzene rings is 1. The number of hydrogen-bond donors (Lipinski definition) is 0. The van der Waals surface area contributed by atoms with Gasteiger partial charge in [-0.3, -0.25) is 13.9 Å². The van der Waals surface area contributed by atoms with Gasteiger partial charge < -0.3 is 9.47 Å². The van der Waals surface area contributed by atoms with Gasteiger partial charge in [0.1, 0.15) is 0 Å². The van der Waals surface area contributed by atoms with E-state index >= 15 is 0 Å². The number of imidazole rings is 1. The van der Waals surface area contributed by atoms with Gasteiger partial charge in [-0.1, -0.05) is 32.9 Å². The van der Waals surface area contributed by atoms with E-state index in [9.17, 15) is 9.59 Å². The standard InChI is InChI=1S/C21H27N5O2/c1-5-15-6-8-16(9-7-15)24-12-13-25-17-18(22-20(24)25)23(4)21(28)26(19(17)27)11-10-14(2)3/h6-9,14H,5,10-13H2,1-4H3. The van der Waals surface area contributed by atoms with E-state index in [1.54, 1.807) is 7.05 Å². The second-order valence-corrected chi connectivity index (χ2v) is 7.89. The normalized spacial score (nSPS) is 13.7. The largest absolute Gasteiger partial charge is 0.332 e. The van der Waals surface area contributed by atoms with Crippen LogP contribution in [0.5, 0.6) is 0 Å². The Morgan fingerprint density at radius 2 is 1.82 bits per heavy atom. The van der Waals surface area contributed by atoms with Crippen LogP contribution in [-0.4, -0.2) is 25.2 Å². The summed E-state index contributed by atoms with van der Waals surface area (Å²) in [4.78, 5) is 32.7. The molecule has 0 fully saturated rings. The Labute approximate surface area is 163 Å². The van der Waals surface area contributed by atoms with Crippen LogP contribution in [0.2, 0.25) is 0 Å². The molecule has 0 unspecified atom stereocenters. The van der Waals surface area contributed by atoms with Gasteiger partial charge in [-0.25, -0.2) is 4.79 Å². The second-order valence-electron chi connectivity index (χ2n) is 7.89. The van der Waals surface area contributed by atoms with E-state index in [2.05, 4.69) is 54.9 Å². The molecule has 2 aromatic heterocycles. The predicted octanol–water partition coefficient (Wildman–Crippen LogP) is 2.66. The zero-order valence-corrected chi connectivity index (χ0v) is 17.0. The molecule has 28 heavy (non-hydrogen) atoms. The van der Waals surface area contributed by atoms with Gasteiger partial charge in [0.05, 0.1) is 0 Å². The molecule has 0 amide bonds. The van der Waals surface area contributed by atoms with Crippen LogP contribution < -0.4 is 16.1 Å². The van der Waals surface area contributed by atoms with Crippen molar-refractivity contribution in [1.29, 1.82) is 0 Å². The first kappa shape index (κ1) is 18.5. The van der Waals surface area contributed by atoms with Crippen LogP contribution in [0, 0.1) is 5.92 Å². The average molecular weight is 381 g/mol. The van der Waals surface area contributed by atoms with Crippen molar-refractivity contribution in [3.63, 3.8) is 0 Å². The van der Waals surface area contributed by atoms with Crippen molar-refractivity contribution in [3.8, 4) is 0 Å². The molecule has 7 nitrogen and oxygen atoms in total. The number of nitrogens with zero attached hydrogens (tertiary/aromatic N) is 5. The van der Waals surface area contributed by atoms with E-state index in [0.717, 1.165) is 31.0 Å². The monoisotopic (exact) mass is 381 g/mol. The zero-order valence-electron chi connectivity index (χ0n) is 17.0. The fraction of sp³-hybridized carbons (Fsp3) is 0.476. The lowest BCUT2D eigenvalue weighted by molar-refractivity contribution is 0.487. The molecule has 0 aliphatic carbocycles. The van der Waals surface area contributed by atoms with E-state index in [-0.39, 0.29) is 11.2 Å². The maximum absolute atomic E-state index is 13.1. The summed E-state index contributed by atoms with van der Waals surface area (Å²) in [6.07, 6.45) is 1.79. The minimum atomic E-state index is -0.297. The molecule has 4 rings (SSSR count). The molecule has 1 aliphatic heterocycles. The van der Waals surface area contributed by atoms with Gasteiger partial charge in [-0.2, -0.15) is 4.98 Å². The number of aryl methyl sites for hydroxylation is 2. The van der Waals surface area contributed by atoms with E-state index in [1.807, 2.05) is 4.57 Å². The van der Waals surface area contributed by atoms with Crippen LogP contribution >= 0.6 is 0 Å². The molecule has 3 heterocycles. The third-order valence-electron chi connectivity index (χ3n) is 5.59. The fourth-order valence-electron chi connectivity index (χ4n) is 3.82. The zero-order chi connectivity index (χ0) is 20.0. The number of hydrogen-bond acceptors (Lipinski definition) is 4. The summed E-state index contributed by atoms with van der Waals surface area (Å²) < 4.78 is 4.81. The molecule has 0 saturated carbocycles. The quantitative estimate of drug-likeness (QED) is 0.682. The maximum atomic E-state index is 13.1. The highest BCUT2D eigenvalue weighted by molar-refractivity contribution is 5.77. The van der Waals surface area contributed by atoms with Crippen molar-refractivity contribution in [2.45, 2.75) is 46.7 Å². The van der Waals surface area contributed by atoms with Crippen LogP contribution in [0.4, 0.5) is 11.6 Å². The van der Waals surface area contributed by atoms with Crippen LogP contribution in [0.3, 0.4) is 0 Å². The Hall–Kier alpha value is -2.83. The first-order valence-corrected chi connectivity index (χ1v) is 9.99. The first-order chi connectivity index (χ1) is 13.4. The molecular weight excluding hydrogens is 354 g/mol. The van der Waals surface area contributed by atoms with E-state index < -0.39 is 0 Å². The van der Waals surface area contributed by atoms with Crippen molar-refractivity contribution >= 4 is 22.8 Å². The molecule has 0 bridgehead atoms. The molecule has 1 aromatic carbocycles. The SMILES string of the molecule is CCc1ccc(N2CCn3c2nc2c3c(=O)n(CCC(C)C)c(=O)n2C)cc1. The number of rotatable bonds is 5. The lowest BCUT2D eigenvalue weighted by Gasteiger charge is -2.16. The number of fused-ring (bicyclic) bond motifs is 3. The molecule has 0 spiro atoms. The highest BCUT2D eigenvalue weighted by Gasteiger charge is 2.28. The molecule has 148 valence electrons. The Morgan fingerprint density at radius 1 is 1.11 bits per heavy atom. The Morgan fingerprint density at radius 3 is 2.46 bits per heavy atom. The maximum Gasteiger partial charge on any atom is 0.332 e. The minimum Gasteiger partial charge on any atom is -0.310 e. The Balaban J connectivity index is 1.84. The summed E-state index contributed by atoms with van der Waals surface area (Å²) in [5.74, 6) is 1.15. The summed E-state index contributed by atoms with van der Waals surface area (Å²) in [7, 11) is 1.69. The van der Waals surface area contributed by atoms with Crippen molar-refractivity contribution < 1.29 is 0 Å². The smallest absolute Gasteiger partial charge is 0.310 e. The number of aromatic nitrogens is 4. The van der Waals surface area contributed by atoms with Crippen LogP contribution in [0.1, 0.15) is 32.8 Å². The van der Waals surface area contributed by atoms with E-state index in [0.29, 0.717) is 30.2 Å².